The molecule has 0 aliphatic carbocycles. The fourth-order valence-electron chi connectivity index (χ4n) is 3.77. The molecule has 6 nitrogen and oxygen atoms in total. The van der Waals surface area contributed by atoms with Gasteiger partial charge in [0, 0.05) is 17.7 Å². The summed E-state index contributed by atoms with van der Waals surface area (Å²) >= 11 is 0. The van der Waals surface area contributed by atoms with Gasteiger partial charge < -0.3 is 15.8 Å². The molecule has 164 valence electrons. The predicted molar refractivity (Wildman–Crippen MR) is 117 cm³/mol. The minimum atomic E-state index is -1.03. The Hall–Kier alpha value is -3.65. The zero-order valence-electron chi connectivity index (χ0n) is 17.4. The molecule has 2 heterocycles. The normalized spacial score (nSPS) is 20.8. The van der Waals surface area contributed by atoms with Crippen molar-refractivity contribution in [3.05, 3.63) is 95.3 Å². The number of anilines is 1. The summed E-state index contributed by atoms with van der Waals surface area (Å²) in [6, 6.07) is 16.3. The van der Waals surface area contributed by atoms with Crippen molar-refractivity contribution in [3.63, 3.8) is 0 Å². The van der Waals surface area contributed by atoms with Gasteiger partial charge in [0.2, 0.25) is 0 Å². The number of nitrogens with two attached hydrogens (primary N) is 1. The minimum absolute atomic E-state index is 0.0396. The van der Waals surface area contributed by atoms with E-state index in [1.54, 1.807) is 6.92 Å². The van der Waals surface area contributed by atoms with Crippen LogP contribution in [0.25, 0.3) is 0 Å². The van der Waals surface area contributed by atoms with Gasteiger partial charge in [-0.3, -0.25) is 9.79 Å². The van der Waals surface area contributed by atoms with E-state index in [-0.39, 0.29) is 29.8 Å². The summed E-state index contributed by atoms with van der Waals surface area (Å²) in [7, 11) is 0. The number of amidine groups is 1. The fraction of sp³-hybridized carbons (Fsp3) is 0.208. The zero-order valence-corrected chi connectivity index (χ0v) is 17.4. The second-order valence-corrected chi connectivity index (χ2v) is 7.80. The van der Waals surface area contributed by atoms with Crippen molar-refractivity contribution in [1.29, 1.82) is 0 Å². The van der Waals surface area contributed by atoms with Crippen LogP contribution < -0.4 is 11.1 Å². The molecule has 2 aromatic carbocycles. The maximum Gasteiger partial charge on any atom is 0.274 e. The van der Waals surface area contributed by atoms with E-state index < -0.39 is 23.1 Å². The summed E-state index contributed by atoms with van der Waals surface area (Å²) in [4.78, 5) is 20.8. The van der Waals surface area contributed by atoms with Gasteiger partial charge in [0.25, 0.3) is 5.91 Å². The van der Waals surface area contributed by atoms with Crippen LogP contribution in [0.2, 0.25) is 0 Å². The van der Waals surface area contributed by atoms with E-state index in [0.717, 1.165) is 17.8 Å². The van der Waals surface area contributed by atoms with Crippen molar-refractivity contribution in [3.8, 4) is 0 Å². The Labute approximate surface area is 184 Å². The number of hydrogen-bond acceptors (Lipinski definition) is 5. The second-order valence-electron chi connectivity index (χ2n) is 7.80. The zero-order chi connectivity index (χ0) is 22.7. The largest absolute Gasteiger partial charge is 0.386 e. The molecule has 1 aliphatic rings. The Morgan fingerprint density at radius 2 is 1.94 bits per heavy atom. The Kier molecular flexibility index (Phi) is 5.96. The van der Waals surface area contributed by atoms with Gasteiger partial charge in [-0.2, -0.15) is 0 Å². The quantitative estimate of drug-likeness (QED) is 0.637. The van der Waals surface area contributed by atoms with Crippen molar-refractivity contribution < 1.29 is 18.3 Å². The van der Waals surface area contributed by atoms with Crippen molar-refractivity contribution in [2.75, 3.05) is 11.9 Å². The first-order chi connectivity index (χ1) is 15.3. The van der Waals surface area contributed by atoms with Crippen LogP contribution in [0.1, 0.15) is 41.1 Å². The van der Waals surface area contributed by atoms with E-state index in [4.69, 9.17) is 10.5 Å². The van der Waals surface area contributed by atoms with Crippen LogP contribution >= 0.6 is 0 Å². The highest BCUT2D eigenvalue weighted by atomic mass is 19.1. The van der Waals surface area contributed by atoms with Gasteiger partial charge in [0.1, 0.15) is 29.8 Å². The molecule has 2 unspecified atom stereocenters. The highest BCUT2D eigenvalue weighted by Crippen LogP contribution is 2.40. The third-order valence-corrected chi connectivity index (χ3v) is 5.34. The van der Waals surface area contributed by atoms with Gasteiger partial charge in [-0.05, 0) is 42.8 Å². The van der Waals surface area contributed by atoms with E-state index >= 15 is 0 Å². The summed E-state index contributed by atoms with van der Waals surface area (Å²) < 4.78 is 34.0. The number of nitrogens with one attached hydrogen (secondary N) is 1. The number of aliphatic imine (C=N–C) groups is 1. The average Bonchev–Trinajstić information content (AvgIpc) is 2.94. The van der Waals surface area contributed by atoms with E-state index in [2.05, 4.69) is 15.3 Å². The number of amides is 1. The van der Waals surface area contributed by atoms with Crippen LogP contribution in [0.3, 0.4) is 0 Å². The van der Waals surface area contributed by atoms with E-state index in [0.29, 0.717) is 12.1 Å². The van der Waals surface area contributed by atoms with Crippen LogP contribution in [0.5, 0.6) is 0 Å². The first-order valence-corrected chi connectivity index (χ1v) is 10.1. The van der Waals surface area contributed by atoms with Gasteiger partial charge in [-0.15, -0.1) is 0 Å². The fourth-order valence-corrected chi connectivity index (χ4v) is 3.77. The Bertz CT molecular complexity index is 1150. The van der Waals surface area contributed by atoms with Crippen LogP contribution in [0.4, 0.5) is 14.5 Å². The molecular weight excluding hydrogens is 414 g/mol. The number of halogens is 2. The molecule has 1 aliphatic heterocycles. The summed E-state index contributed by atoms with van der Waals surface area (Å²) in [6.07, 6.45) is 0.969. The SMILES string of the molecule is CC1(c2cc(NC(=O)c3ccc(F)cn3)ccc2F)CC(c2ccccc2)OCC(N)=N1. The number of rotatable bonds is 4. The summed E-state index contributed by atoms with van der Waals surface area (Å²) in [5.74, 6) is -1.30. The minimum Gasteiger partial charge on any atom is -0.386 e. The van der Waals surface area contributed by atoms with Crippen molar-refractivity contribution >= 4 is 17.4 Å². The third kappa shape index (κ3) is 4.65. The topological polar surface area (TPSA) is 89.6 Å². The Morgan fingerprint density at radius 3 is 2.66 bits per heavy atom. The van der Waals surface area contributed by atoms with Gasteiger partial charge in [-0.25, -0.2) is 13.8 Å². The van der Waals surface area contributed by atoms with Crippen LogP contribution in [0.15, 0.2) is 71.9 Å². The lowest BCUT2D eigenvalue weighted by atomic mass is 9.84. The molecule has 0 fully saturated rings. The summed E-state index contributed by atoms with van der Waals surface area (Å²) in [5.41, 5.74) is 6.62. The Morgan fingerprint density at radius 1 is 1.16 bits per heavy atom. The van der Waals surface area contributed by atoms with Crippen LogP contribution in [-0.2, 0) is 10.3 Å². The van der Waals surface area contributed by atoms with Crippen LogP contribution in [0, 0.1) is 11.6 Å². The first-order valence-electron chi connectivity index (χ1n) is 10.1. The number of nitrogens with zero attached hydrogens (tertiary/aromatic N) is 2. The molecule has 2 atom stereocenters. The molecule has 0 saturated heterocycles. The number of carbonyl (C=O) groups excluding carboxylic acids is 1. The first kappa shape index (κ1) is 21.6. The maximum absolute atomic E-state index is 15.0. The van der Waals surface area contributed by atoms with Gasteiger partial charge >= 0.3 is 0 Å². The second kappa shape index (κ2) is 8.84. The summed E-state index contributed by atoms with van der Waals surface area (Å²) in [6.45, 7) is 1.92. The average molecular weight is 436 g/mol. The Balaban J connectivity index is 1.65. The molecule has 1 amide bonds. The van der Waals surface area contributed by atoms with Crippen molar-refractivity contribution in [1.82, 2.24) is 4.98 Å². The molecule has 1 aromatic heterocycles. The maximum atomic E-state index is 15.0. The number of benzene rings is 2. The monoisotopic (exact) mass is 436 g/mol. The standard InChI is InChI=1S/C24H22F2N4O2/c1-24(12-21(32-14-22(27)30-24)15-5-3-2-4-6-15)18-11-17(8-9-19(18)26)29-23(31)20-10-7-16(25)13-28-20/h2-11,13,21H,12,14H2,1H3,(H2,27,30)(H,29,31). The van der Waals surface area contributed by atoms with Gasteiger partial charge in [0.15, 0.2) is 0 Å². The van der Waals surface area contributed by atoms with Crippen molar-refractivity contribution in [2.45, 2.75) is 25.0 Å². The molecule has 8 heteroatoms. The van der Waals surface area contributed by atoms with Crippen LogP contribution in [-0.4, -0.2) is 23.3 Å². The van der Waals surface area contributed by atoms with Gasteiger partial charge in [0.05, 0.1) is 17.8 Å². The molecule has 0 spiro atoms. The van der Waals surface area contributed by atoms with E-state index in [9.17, 15) is 13.6 Å². The number of aromatic nitrogens is 1. The molecule has 3 N–H and O–H groups in total. The van der Waals surface area contributed by atoms with E-state index in [1.165, 1.54) is 24.3 Å². The number of pyridine rings is 1. The molecule has 4 rings (SSSR count). The molecule has 3 aromatic rings. The molecular formula is C24H22F2N4O2. The number of ether oxygens (including phenoxy) is 1. The highest BCUT2D eigenvalue weighted by Gasteiger charge is 2.36. The van der Waals surface area contributed by atoms with Crippen molar-refractivity contribution in [2.24, 2.45) is 10.7 Å². The third-order valence-electron chi connectivity index (χ3n) is 5.34. The molecule has 0 bridgehead atoms. The summed E-state index contributed by atoms with van der Waals surface area (Å²) in [5, 5.41) is 2.67. The van der Waals surface area contributed by atoms with E-state index in [1.807, 2.05) is 30.3 Å². The predicted octanol–water partition coefficient (Wildman–Crippen LogP) is 4.35. The smallest absolute Gasteiger partial charge is 0.274 e. The molecule has 0 saturated carbocycles. The lowest BCUT2D eigenvalue weighted by Crippen LogP contribution is -2.26. The molecule has 32 heavy (non-hydrogen) atoms. The number of hydrogen-bond donors (Lipinski definition) is 2. The highest BCUT2D eigenvalue weighted by molar-refractivity contribution is 6.02. The lowest BCUT2D eigenvalue weighted by molar-refractivity contribution is 0.0647. The lowest BCUT2D eigenvalue weighted by Gasteiger charge is -2.29. The molecule has 0 radical (unpaired) electrons. The number of carbonyl (C=O) groups is 1. The van der Waals surface area contributed by atoms with Gasteiger partial charge in [-0.1, -0.05) is 30.3 Å².